The fraction of sp³-hybridized carbons (Fsp3) is 0.286. The zero-order valence-electron chi connectivity index (χ0n) is 17.8. The number of aromatic amines is 1. The number of amides is 1. The molecular weight excluding hydrogens is 450 g/mol. The van der Waals surface area contributed by atoms with Crippen molar-refractivity contribution in [3.8, 4) is 5.75 Å². The topological polar surface area (TPSA) is 117 Å². The zero-order valence-corrected chi connectivity index (χ0v) is 19.4. The first-order chi connectivity index (χ1) is 15.3. The van der Waals surface area contributed by atoms with Crippen molar-refractivity contribution in [3.05, 3.63) is 66.0 Å². The molecule has 0 aliphatic rings. The van der Waals surface area contributed by atoms with Gasteiger partial charge in [0.05, 0.1) is 4.90 Å². The fourth-order valence-corrected chi connectivity index (χ4v) is 4.59. The molecular formula is C21H25N5O4S2. The van der Waals surface area contributed by atoms with Crippen LogP contribution in [-0.2, 0) is 21.4 Å². The molecule has 0 saturated carbocycles. The van der Waals surface area contributed by atoms with Crippen LogP contribution >= 0.6 is 11.8 Å². The van der Waals surface area contributed by atoms with Crippen LogP contribution in [0, 0.1) is 6.92 Å². The highest BCUT2D eigenvalue weighted by Gasteiger charge is 2.21. The molecule has 0 saturated heterocycles. The Balaban J connectivity index is 1.43. The molecule has 0 fully saturated rings. The fourth-order valence-electron chi connectivity index (χ4n) is 2.73. The summed E-state index contributed by atoms with van der Waals surface area (Å²) in [4.78, 5) is 16.3. The zero-order chi connectivity index (χ0) is 23.0. The Morgan fingerprint density at radius 2 is 1.88 bits per heavy atom. The number of carbonyl (C=O) groups excluding carboxylic acids is 1. The summed E-state index contributed by atoms with van der Waals surface area (Å²) in [6, 6.07) is 15.4. The molecule has 11 heteroatoms. The summed E-state index contributed by atoms with van der Waals surface area (Å²) in [6.07, 6.45) is 0. The highest BCUT2D eigenvalue weighted by Crippen LogP contribution is 2.20. The number of aryl methyl sites for hydroxylation is 1. The number of hydrogen-bond acceptors (Lipinski definition) is 7. The molecule has 2 aromatic carbocycles. The smallest absolute Gasteiger partial charge is 0.257 e. The third-order valence-electron chi connectivity index (χ3n) is 4.38. The number of benzene rings is 2. The van der Waals surface area contributed by atoms with Crippen LogP contribution in [0.3, 0.4) is 0 Å². The summed E-state index contributed by atoms with van der Waals surface area (Å²) in [6.45, 7) is 2.38. The predicted octanol–water partition coefficient (Wildman–Crippen LogP) is 2.22. The Morgan fingerprint density at radius 3 is 2.53 bits per heavy atom. The third-order valence-corrected chi connectivity index (χ3v) is 7.05. The van der Waals surface area contributed by atoms with Crippen LogP contribution in [0.25, 0.3) is 0 Å². The summed E-state index contributed by atoms with van der Waals surface area (Å²) in [5.74, 6) is 1.52. The summed E-state index contributed by atoms with van der Waals surface area (Å²) < 4.78 is 32.3. The lowest BCUT2D eigenvalue weighted by molar-refractivity contribution is -0.122. The molecule has 0 aliphatic carbocycles. The van der Waals surface area contributed by atoms with Crippen molar-refractivity contribution in [1.82, 2.24) is 24.8 Å². The maximum atomic E-state index is 12.8. The van der Waals surface area contributed by atoms with Gasteiger partial charge in [-0.3, -0.25) is 9.89 Å². The second kappa shape index (κ2) is 11.1. The van der Waals surface area contributed by atoms with Crippen LogP contribution in [0.2, 0.25) is 0 Å². The molecule has 3 rings (SSSR count). The molecule has 0 radical (unpaired) electrons. The minimum absolute atomic E-state index is 0.159. The molecule has 0 unspecified atom stereocenters. The summed E-state index contributed by atoms with van der Waals surface area (Å²) in [7, 11) is -2.10. The standard InChI is InChI=1S/C21H25N5O4S2/c1-16-23-21(25-24-16)31-13-12-22-20(27)15-30-18-8-10-19(11-9-18)32(28,29)26(2)14-17-6-4-3-5-7-17/h3-11H,12-15H2,1-2H3,(H,22,27)(H,23,24,25). The first kappa shape index (κ1) is 23.8. The highest BCUT2D eigenvalue weighted by molar-refractivity contribution is 7.99. The SMILES string of the molecule is Cc1nc(SCCNC(=O)COc2ccc(S(=O)(=O)N(C)Cc3ccccc3)cc2)n[nH]1. The number of nitrogens with one attached hydrogen (secondary N) is 2. The number of H-pyrrole nitrogens is 1. The van der Waals surface area contributed by atoms with E-state index in [1.54, 1.807) is 7.05 Å². The average molecular weight is 476 g/mol. The quantitative estimate of drug-likeness (QED) is 0.323. The summed E-state index contributed by atoms with van der Waals surface area (Å²) in [5.41, 5.74) is 0.902. The van der Waals surface area contributed by atoms with Gasteiger partial charge in [0.2, 0.25) is 15.2 Å². The first-order valence-corrected chi connectivity index (χ1v) is 12.3. The van der Waals surface area contributed by atoms with Crippen LogP contribution in [0.4, 0.5) is 0 Å². The Labute approximate surface area is 191 Å². The van der Waals surface area contributed by atoms with E-state index in [1.807, 2.05) is 37.3 Å². The van der Waals surface area contributed by atoms with E-state index in [1.165, 1.54) is 40.3 Å². The van der Waals surface area contributed by atoms with Gasteiger partial charge in [0.1, 0.15) is 11.6 Å². The van der Waals surface area contributed by atoms with Crippen LogP contribution in [0.1, 0.15) is 11.4 Å². The number of nitrogens with zero attached hydrogens (tertiary/aromatic N) is 3. The Kier molecular flexibility index (Phi) is 8.26. The number of carbonyl (C=O) groups is 1. The third kappa shape index (κ3) is 6.81. The Hall–Kier alpha value is -2.89. The van der Waals surface area contributed by atoms with Crippen molar-refractivity contribution in [2.24, 2.45) is 0 Å². The van der Waals surface area contributed by atoms with E-state index in [4.69, 9.17) is 4.74 Å². The van der Waals surface area contributed by atoms with Crippen molar-refractivity contribution < 1.29 is 17.9 Å². The molecule has 1 heterocycles. The number of thioether (sulfide) groups is 1. The van der Waals surface area contributed by atoms with Crippen LogP contribution in [-0.4, -0.2) is 59.8 Å². The normalized spacial score (nSPS) is 11.5. The first-order valence-electron chi connectivity index (χ1n) is 9.86. The van der Waals surface area contributed by atoms with Gasteiger partial charge >= 0.3 is 0 Å². The second-order valence-corrected chi connectivity index (χ2v) is 10.0. The molecule has 32 heavy (non-hydrogen) atoms. The van der Waals surface area contributed by atoms with Gasteiger partial charge in [-0.1, -0.05) is 42.1 Å². The van der Waals surface area contributed by atoms with Crippen molar-refractivity contribution in [3.63, 3.8) is 0 Å². The molecule has 0 aliphatic heterocycles. The lowest BCUT2D eigenvalue weighted by atomic mass is 10.2. The molecule has 2 N–H and O–H groups in total. The number of sulfonamides is 1. The number of aromatic nitrogens is 3. The average Bonchev–Trinajstić information content (AvgIpc) is 3.21. The monoisotopic (exact) mass is 475 g/mol. The maximum absolute atomic E-state index is 12.8. The van der Waals surface area contributed by atoms with Gasteiger partial charge in [0.15, 0.2) is 6.61 Å². The largest absolute Gasteiger partial charge is 0.484 e. The van der Waals surface area contributed by atoms with Gasteiger partial charge in [-0.05, 0) is 36.8 Å². The van der Waals surface area contributed by atoms with Gasteiger partial charge in [-0.25, -0.2) is 13.4 Å². The van der Waals surface area contributed by atoms with Crippen molar-refractivity contribution >= 4 is 27.7 Å². The van der Waals surface area contributed by atoms with Crippen LogP contribution < -0.4 is 10.1 Å². The molecule has 0 bridgehead atoms. The van der Waals surface area contributed by atoms with E-state index in [0.717, 1.165) is 11.4 Å². The van der Waals surface area contributed by atoms with Crippen molar-refractivity contribution in [1.29, 1.82) is 0 Å². The van der Waals surface area contributed by atoms with Crippen molar-refractivity contribution in [2.75, 3.05) is 26.0 Å². The number of rotatable bonds is 11. The lowest BCUT2D eigenvalue weighted by Crippen LogP contribution is -2.30. The van der Waals surface area contributed by atoms with Crippen LogP contribution in [0.15, 0.2) is 64.6 Å². The number of hydrogen-bond donors (Lipinski definition) is 2. The maximum Gasteiger partial charge on any atom is 0.257 e. The van der Waals surface area contributed by atoms with E-state index in [2.05, 4.69) is 20.5 Å². The molecule has 0 spiro atoms. The lowest BCUT2D eigenvalue weighted by Gasteiger charge is -2.17. The molecule has 1 aromatic heterocycles. The minimum atomic E-state index is -3.64. The van der Waals surface area contributed by atoms with Crippen LogP contribution in [0.5, 0.6) is 5.75 Å². The Morgan fingerprint density at radius 1 is 1.16 bits per heavy atom. The molecule has 9 nitrogen and oxygen atoms in total. The highest BCUT2D eigenvalue weighted by atomic mass is 32.2. The van der Waals surface area contributed by atoms with Gasteiger partial charge in [0.25, 0.3) is 5.91 Å². The van der Waals surface area contributed by atoms with E-state index in [0.29, 0.717) is 23.2 Å². The molecule has 0 atom stereocenters. The van der Waals surface area contributed by atoms with Gasteiger partial charge in [-0.15, -0.1) is 5.10 Å². The van der Waals surface area contributed by atoms with E-state index < -0.39 is 10.0 Å². The summed E-state index contributed by atoms with van der Waals surface area (Å²) in [5, 5.41) is 10.2. The van der Waals surface area contributed by atoms with Gasteiger partial charge < -0.3 is 10.1 Å². The molecule has 170 valence electrons. The predicted molar refractivity (Wildman–Crippen MR) is 122 cm³/mol. The number of ether oxygens (including phenoxy) is 1. The second-order valence-electron chi connectivity index (χ2n) is 6.91. The summed E-state index contributed by atoms with van der Waals surface area (Å²) >= 11 is 1.43. The minimum Gasteiger partial charge on any atom is -0.484 e. The van der Waals surface area contributed by atoms with E-state index in [-0.39, 0.29) is 24.0 Å². The van der Waals surface area contributed by atoms with Gasteiger partial charge in [-0.2, -0.15) is 4.31 Å². The van der Waals surface area contributed by atoms with Crippen molar-refractivity contribution in [2.45, 2.75) is 23.5 Å². The van der Waals surface area contributed by atoms with Gasteiger partial charge in [0, 0.05) is 25.9 Å². The Bertz CT molecular complexity index is 1120. The van der Waals surface area contributed by atoms with E-state index >= 15 is 0 Å². The molecule has 3 aromatic rings. The van der Waals surface area contributed by atoms with E-state index in [9.17, 15) is 13.2 Å². The molecule has 1 amide bonds.